The molecule has 2 fully saturated rings. The summed E-state index contributed by atoms with van der Waals surface area (Å²) in [5.41, 5.74) is -1.04. The molecule has 0 aliphatic carbocycles. The molecule has 25 heavy (non-hydrogen) atoms. The predicted octanol–water partition coefficient (Wildman–Crippen LogP) is 2.73. The molecule has 8 heteroatoms. The van der Waals surface area contributed by atoms with E-state index in [1.165, 1.54) is 18.2 Å². The van der Waals surface area contributed by atoms with Gasteiger partial charge in [-0.25, -0.2) is 0 Å². The molecule has 0 radical (unpaired) electrons. The summed E-state index contributed by atoms with van der Waals surface area (Å²) in [5.74, 6) is -0.128. The van der Waals surface area contributed by atoms with Crippen LogP contribution in [0, 0.1) is 5.92 Å². The fourth-order valence-corrected chi connectivity index (χ4v) is 3.26. The second-order valence-electron chi connectivity index (χ2n) is 6.32. The molecule has 2 aliphatic rings. The predicted molar refractivity (Wildman–Crippen MR) is 84.9 cm³/mol. The van der Waals surface area contributed by atoms with Gasteiger partial charge in [0, 0.05) is 5.92 Å². The molecule has 3 rings (SSSR count). The molecule has 0 saturated carbocycles. The summed E-state index contributed by atoms with van der Waals surface area (Å²) < 4.78 is 49.9. The highest BCUT2D eigenvalue weighted by Gasteiger charge is 2.34. The van der Waals surface area contributed by atoms with Gasteiger partial charge in [-0.3, -0.25) is 9.69 Å². The number of nitrogens with zero attached hydrogens (tertiary/aromatic N) is 1. The zero-order chi connectivity index (χ0) is 17.9. The monoisotopic (exact) mass is 358 g/mol. The summed E-state index contributed by atoms with van der Waals surface area (Å²) in [6, 6.07) is 5.00. The molecule has 1 N–H and O–H groups in total. The lowest BCUT2D eigenvalue weighted by molar-refractivity contribution is -0.137. The smallest absolute Gasteiger partial charge is 0.350 e. The van der Waals surface area contributed by atoms with Crippen LogP contribution in [0.25, 0.3) is 0 Å². The summed E-state index contributed by atoms with van der Waals surface area (Å²) in [7, 11) is 0. The first-order valence-electron chi connectivity index (χ1n) is 8.35. The molecular formula is C17H21F3N2O3. The van der Waals surface area contributed by atoms with Gasteiger partial charge in [-0.15, -0.1) is 0 Å². The molecule has 5 nitrogen and oxygen atoms in total. The minimum Gasteiger partial charge on any atom is -0.350 e. The number of benzene rings is 1. The highest BCUT2D eigenvalue weighted by atomic mass is 19.4. The molecule has 138 valence electrons. The van der Waals surface area contributed by atoms with Crippen LogP contribution in [0.3, 0.4) is 0 Å². The second-order valence-corrected chi connectivity index (χ2v) is 6.32. The minimum absolute atomic E-state index is 0.0747. The summed E-state index contributed by atoms with van der Waals surface area (Å²) in [6.07, 6.45) is -2.97. The van der Waals surface area contributed by atoms with Gasteiger partial charge in [-0.1, -0.05) is 12.1 Å². The summed E-state index contributed by atoms with van der Waals surface area (Å²) in [6.45, 7) is 2.70. The molecule has 1 aromatic carbocycles. The van der Waals surface area contributed by atoms with E-state index in [-0.39, 0.29) is 18.5 Å². The van der Waals surface area contributed by atoms with E-state index in [9.17, 15) is 18.0 Å². The van der Waals surface area contributed by atoms with Crippen molar-refractivity contribution in [1.29, 1.82) is 0 Å². The molecule has 2 saturated heterocycles. The van der Waals surface area contributed by atoms with Gasteiger partial charge in [0.2, 0.25) is 5.91 Å². The average Bonchev–Trinajstić information content (AvgIpc) is 3.09. The molecule has 1 aromatic rings. The van der Waals surface area contributed by atoms with E-state index in [2.05, 4.69) is 5.32 Å². The van der Waals surface area contributed by atoms with Crippen molar-refractivity contribution >= 4 is 11.6 Å². The Labute approximate surface area is 144 Å². The number of hydrogen-bond acceptors (Lipinski definition) is 4. The van der Waals surface area contributed by atoms with Gasteiger partial charge in [0.05, 0.1) is 31.0 Å². The van der Waals surface area contributed by atoms with Crippen molar-refractivity contribution in [2.24, 2.45) is 5.92 Å². The van der Waals surface area contributed by atoms with Gasteiger partial charge in [-0.05, 0) is 38.1 Å². The molecule has 1 amide bonds. The molecule has 0 unspecified atom stereocenters. The van der Waals surface area contributed by atoms with Gasteiger partial charge < -0.3 is 14.8 Å². The van der Waals surface area contributed by atoms with E-state index in [1.54, 1.807) is 0 Å². The topological polar surface area (TPSA) is 50.8 Å². The Bertz CT molecular complexity index is 595. The third-order valence-corrected chi connectivity index (χ3v) is 4.54. The number of ether oxygens (including phenoxy) is 2. The minimum atomic E-state index is -4.50. The number of nitrogens with one attached hydrogen (secondary N) is 1. The van der Waals surface area contributed by atoms with Crippen LogP contribution in [0.1, 0.15) is 18.4 Å². The molecule has 0 spiro atoms. The number of piperidine rings is 1. The van der Waals surface area contributed by atoms with Crippen molar-refractivity contribution in [1.82, 2.24) is 4.90 Å². The summed E-state index contributed by atoms with van der Waals surface area (Å²) in [5, 5.41) is 2.38. The number of para-hydroxylation sites is 1. The van der Waals surface area contributed by atoms with E-state index >= 15 is 0 Å². The largest absolute Gasteiger partial charge is 0.418 e. The molecule has 2 heterocycles. The highest BCUT2D eigenvalue weighted by Crippen LogP contribution is 2.34. The van der Waals surface area contributed by atoms with Gasteiger partial charge in [0.25, 0.3) is 0 Å². The number of alkyl halides is 3. The first-order valence-corrected chi connectivity index (χ1v) is 8.35. The van der Waals surface area contributed by atoms with Crippen LogP contribution < -0.4 is 5.32 Å². The molecule has 0 aromatic heterocycles. The zero-order valence-corrected chi connectivity index (χ0v) is 13.7. The second kappa shape index (κ2) is 7.72. The Hall–Kier alpha value is -1.64. The Kier molecular flexibility index (Phi) is 5.61. The normalized spacial score (nSPS) is 20.8. The number of hydrogen-bond donors (Lipinski definition) is 1. The lowest BCUT2D eigenvalue weighted by atomic mass is 9.96. The van der Waals surface area contributed by atoms with Crippen LogP contribution in [-0.4, -0.2) is 49.9 Å². The highest BCUT2D eigenvalue weighted by molar-refractivity contribution is 5.93. The van der Waals surface area contributed by atoms with E-state index in [0.717, 1.165) is 18.9 Å². The summed E-state index contributed by atoms with van der Waals surface area (Å²) >= 11 is 0. The van der Waals surface area contributed by atoms with E-state index in [4.69, 9.17) is 9.47 Å². The first kappa shape index (κ1) is 18.2. The van der Waals surface area contributed by atoms with Crippen LogP contribution in [0.2, 0.25) is 0 Å². The van der Waals surface area contributed by atoms with E-state index in [0.29, 0.717) is 32.2 Å². The van der Waals surface area contributed by atoms with Crippen molar-refractivity contribution < 1.29 is 27.4 Å². The van der Waals surface area contributed by atoms with Crippen molar-refractivity contribution in [3.8, 4) is 0 Å². The maximum Gasteiger partial charge on any atom is 0.418 e. The van der Waals surface area contributed by atoms with Crippen LogP contribution in [0.4, 0.5) is 18.9 Å². The SMILES string of the molecule is O=C(CN1CCC(C2OCCO2)CC1)Nc1ccccc1C(F)(F)F. The fourth-order valence-electron chi connectivity index (χ4n) is 3.26. The number of rotatable bonds is 4. The third kappa shape index (κ3) is 4.71. The lowest BCUT2D eigenvalue weighted by Crippen LogP contribution is -2.42. The van der Waals surface area contributed by atoms with Gasteiger partial charge in [0.1, 0.15) is 0 Å². The van der Waals surface area contributed by atoms with Crippen LogP contribution in [-0.2, 0) is 20.4 Å². The van der Waals surface area contributed by atoms with Crippen LogP contribution in [0.15, 0.2) is 24.3 Å². The Morgan fingerprint density at radius 2 is 1.80 bits per heavy atom. The standard InChI is InChI=1S/C17H21F3N2O3/c18-17(19,20)13-3-1-2-4-14(13)21-15(23)11-22-7-5-12(6-8-22)16-24-9-10-25-16/h1-4,12,16H,5-11H2,(H,21,23). The Balaban J connectivity index is 1.51. The van der Waals surface area contributed by atoms with Crippen molar-refractivity contribution in [3.63, 3.8) is 0 Å². The van der Waals surface area contributed by atoms with Gasteiger partial charge >= 0.3 is 6.18 Å². The number of halogens is 3. The molecule has 2 aliphatic heterocycles. The average molecular weight is 358 g/mol. The number of carbonyl (C=O) groups excluding carboxylic acids is 1. The lowest BCUT2D eigenvalue weighted by Gasteiger charge is -2.33. The van der Waals surface area contributed by atoms with E-state index in [1.807, 2.05) is 4.90 Å². The van der Waals surface area contributed by atoms with Crippen LogP contribution in [0.5, 0.6) is 0 Å². The maximum absolute atomic E-state index is 13.0. The Morgan fingerprint density at radius 1 is 1.16 bits per heavy atom. The quantitative estimate of drug-likeness (QED) is 0.899. The molecule has 0 bridgehead atoms. The Morgan fingerprint density at radius 3 is 2.44 bits per heavy atom. The van der Waals surface area contributed by atoms with E-state index < -0.39 is 17.6 Å². The van der Waals surface area contributed by atoms with Crippen molar-refractivity contribution in [3.05, 3.63) is 29.8 Å². The molecule has 0 atom stereocenters. The van der Waals surface area contributed by atoms with Gasteiger partial charge in [0.15, 0.2) is 6.29 Å². The van der Waals surface area contributed by atoms with Crippen molar-refractivity contribution in [2.45, 2.75) is 25.3 Å². The van der Waals surface area contributed by atoms with Gasteiger partial charge in [-0.2, -0.15) is 13.2 Å². The third-order valence-electron chi connectivity index (χ3n) is 4.54. The van der Waals surface area contributed by atoms with Crippen molar-refractivity contribution in [2.75, 3.05) is 38.2 Å². The zero-order valence-electron chi connectivity index (χ0n) is 13.7. The fraction of sp³-hybridized carbons (Fsp3) is 0.588. The summed E-state index contributed by atoms with van der Waals surface area (Å²) in [4.78, 5) is 14.1. The number of anilines is 1. The number of carbonyl (C=O) groups is 1. The number of amides is 1. The maximum atomic E-state index is 13.0. The number of likely N-dealkylation sites (tertiary alicyclic amines) is 1. The molecular weight excluding hydrogens is 337 g/mol. The van der Waals surface area contributed by atoms with Crippen LogP contribution >= 0.6 is 0 Å². The first-order chi connectivity index (χ1) is 11.9.